The van der Waals surface area contributed by atoms with Gasteiger partial charge in [-0.15, -0.1) is 0 Å². The van der Waals surface area contributed by atoms with E-state index in [1.54, 1.807) is 7.11 Å². The van der Waals surface area contributed by atoms with Crippen LogP contribution in [0.4, 0.5) is 0 Å². The number of nitrogens with one attached hydrogen (secondary N) is 1. The highest BCUT2D eigenvalue weighted by Gasteiger charge is 2.24. The Balaban J connectivity index is 1.99. The van der Waals surface area contributed by atoms with Gasteiger partial charge in [0, 0.05) is 18.0 Å². The van der Waals surface area contributed by atoms with Gasteiger partial charge < -0.3 is 15.2 Å². The summed E-state index contributed by atoms with van der Waals surface area (Å²) >= 11 is 0. The van der Waals surface area contributed by atoms with Crippen LogP contribution in [0.25, 0.3) is 0 Å². The molecule has 1 heterocycles. The van der Waals surface area contributed by atoms with E-state index in [1.807, 2.05) is 18.2 Å². The molecule has 1 aliphatic rings. The first kappa shape index (κ1) is 12.9. The molecule has 0 aliphatic carbocycles. The number of para-hydroxylation sites is 1. The number of hydrogen-bond donors (Lipinski definition) is 2. The summed E-state index contributed by atoms with van der Waals surface area (Å²) in [7, 11) is 1.68. The van der Waals surface area contributed by atoms with Crippen LogP contribution in [0.3, 0.4) is 0 Å². The minimum Gasteiger partial charge on any atom is -0.496 e. The second-order valence-corrected chi connectivity index (χ2v) is 4.74. The lowest BCUT2D eigenvalue weighted by atomic mass is 9.89. The molecule has 2 unspecified atom stereocenters. The van der Waals surface area contributed by atoms with Gasteiger partial charge in [-0.1, -0.05) is 18.2 Å². The van der Waals surface area contributed by atoms with Crippen molar-refractivity contribution in [2.24, 2.45) is 5.92 Å². The number of carbonyl (C=O) groups is 1. The molecule has 2 N–H and O–H groups in total. The first-order valence-electron chi connectivity index (χ1n) is 6.28. The van der Waals surface area contributed by atoms with E-state index >= 15 is 0 Å². The highest BCUT2D eigenvalue weighted by Crippen LogP contribution is 2.32. The highest BCUT2D eigenvalue weighted by molar-refractivity contribution is 5.67. The highest BCUT2D eigenvalue weighted by atomic mass is 16.5. The van der Waals surface area contributed by atoms with Crippen molar-refractivity contribution in [2.45, 2.75) is 25.3 Å². The van der Waals surface area contributed by atoms with Crippen molar-refractivity contribution in [3.8, 4) is 5.75 Å². The van der Waals surface area contributed by atoms with Crippen molar-refractivity contribution in [1.29, 1.82) is 0 Å². The lowest BCUT2D eigenvalue weighted by Gasteiger charge is -2.30. The van der Waals surface area contributed by atoms with Crippen LogP contribution in [0.1, 0.15) is 30.9 Å². The Morgan fingerprint density at radius 3 is 2.83 bits per heavy atom. The van der Waals surface area contributed by atoms with Gasteiger partial charge in [0.05, 0.1) is 7.11 Å². The van der Waals surface area contributed by atoms with Gasteiger partial charge in [0.2, 0.25) is 0 Å². The number of hydrogen-bond acceptors (Lipinski definition) is 3. The Labute approximate surface area is 107 Å². The van der Waals surface area contributed by atoms with Crippen LogP contribution < -0.4 is 10.1 Å². The van der Waals surface area contributed by atoms with Gasteiger partial charge in [-0.05, 0) is 31.4 Å². The summed E-state index contributed by atoms with van der Waals surface area (Å²) in [5, 5.41) is 12.2. The molecule has 0 saturated carbocycles. The van der Waals surface area contributed by atoms with E-state index in [-0.39, 0.29) is 18.4 Å². The van der Waals surface area contributed by atoms with E-state index in [2.05, 4.69) is 11.4 Å². The van der Waals surface area contributed by atoms with Crippen molar-refractivity contribution in [3.05, 3.63) is 29.8 Å². The molecule has 1 aliphatic heterocycles. The summed E-state index contributed by atoms with van der Waals surface area (Å²) in [6, 6.07) is 8.25. The standard InChI is InChI=1S/C14H19NO3/c1-18-13-5-3-2-4-11(13)12-7-6-10(9-15-12)8-14(16)17/h2-5,10,12,15H,6-9H2,1H3,(H,16,17). The topological polar surface area (TPSA) is 58.6 Å². The monoisotopic (exact) mass is 249 g/mol. The van der Waals surface area contributed by atoms with Gasteiger partial charge in [0.1, 0.15) is 5.75 Å². The van der Waals surface area contributed by atoms with Crippen LogP contribution in [0.15, 0.2) is 24.3 Å². The van der Waals surface area contributed by atoms with Crippen LogP contribution in [-0.2, 0) is 4.79 Å². The van der Waals surface area contributed by atoms with Gasteiger partial charge in [-0.2, -0.15) is 0 Å². The largest absolute Gasteiger partial charge is 0.496 e. The number of ether oxygens (including phenoxy) is 1. The first-order valence-corrected chi connectivity index (χ1v) is 6.28. The van der Waals surface area contributed by atoms with Gasteiger partial charge in [-0.3, -0.25) is 4.79 Å². The summed E-state index contributed by atoms with van der Waals surface area (Å²) in [5.74, 6) is 0.428. The predicted molar refractivity (Wildman–Crippen MR) is 68.7 cm³/mol. The smallest absolute Gasteiger partial charge is 0.303 e. The fourth-order valence-electron chi connectivity index (χ4n) is 2.56. The third-order valence-corrected chi connectivity index (χ3v) is 3.49. The number of carboxylic acids is 1. The molecule has 1 aromatic rings. The Morgan fingerprint density at radius 1 is 1.44 bits per heavy atom. The Morgan fingerprint density at radius 2 is 2.22 bits per heavy atom. The second kappa shape index (κ2) is 5.87. The molecule has 0 radical (unpaired) electrons. The average Bonchev–Trinajstić information content (AvgIpc) is 2.39. The third kappa shape index (κ3) is 3.01. The van der Waals surface area contributed by atoms with E-state index in [4.69, 9.17) is 9.84 Å². The molecule has 1 fully saturated rings. The molecule has 1 aromatic carbocycles. The number of methoxy groups -OCH3 is 1. The van der Waals surface area contributed by atoms with Gasteiger partial charge in [0.25, 0.3) is 0 Å². The molecule has 2 atom stereocenters. The predicted octanol–water partition coefficient (Wildman–Crippen LogP) is 2.21. The van der Waals surface area contributed by atoms with Crippen molar-refractivity contribution in [1.82, 2.24) is 5.32 Å². The molecule has 0 amide bonds. The lowest BCUT2D eigenvalue weighted by Crippen LogP contribution is -2.34. The summed E-state index contributed by atoms with van der Waals surface area (Å²) < 4.78 is 5.36. The maximum Gasteiger partial charge on any atom is 0.303 e. The van der Waals surface area contributed by atoms with E-state index in [0.29, 0.717) is 0 Å². The van der Waals surface area contributed by atoms with Crippen molar-refractivity contribution in [2.75, 3.05) is 13.7 Å². The van der Waals surface area contributed by atoms with Gasteiger partial charge >= 0.3 is 5.97 Å². The quantitative estimate of drug-likeness (QED) is 0.859. The zero-order chi connectivity index (χ0) is 13.0. The van der Waals surface area contributed by atoms with Crippen LogP contribution in [0.5, 0.6) is 5.75 Å². The minimum atomic E-state index is -0.711. The summed E-state index contributed by atoms with van der Waals surface area (Å²) in [6.07, 6.45) is 2.16. The normalized spacial score (nSPS) is 23.6. The van der Waals surface area contributed by atoms with E-state index in [1.165, 1.54) is 0 Å². The van der Waals surface area contributed by atoms with Crippen molar-refractivity contribution in [3.63, 3.8) is 0 Å². The number of aliphatic carboxylic acids is 1. The maximum absolute atomic E-state index is 10.7. The second-order valence-electron chi connectivity index (χ2n) is 4.74. The molecular formula is C14H19NO3. The lowest BCUT2D eigenvalue weighted by molar-refractivity contribution is -0.138. The average molecular weight is 249 g/mol. The molecule has 2 rings (SSSR count). The van der Waals surface area contributed by atoms with E-state index in [9.17, 15) is 4.79 Å². The molecular weight excluding hydrogens is 230 g/mol. The first-order chi connectivity index (χ1) is 8.70. The molecule has 1 saturated heterocycles. The van der Waals surface area contributed by atoms with Gasteiger partial charge in [-0.25, -0.2) is 0 Å². The zero-order valence-electron chi connectivity index (χ0n) is 10.6. The number of piperidine rings is 1. The number of carboxylic acid groups (broad SMARTS) is 1. The fraction of sp³-hybridized carbons (Fsp3) is 0.500. The molecule has 0 spiro atoms. The van der Waals surface area contributed by atoms with Crippen LogP contribution in [0, 0.1) is 5.92 Å². The zero-order valence-corrected chi connectivity index (χ0v) is 10.6. The van der Waals surface area contributed by atoms with Crippen molar-refractivity contribution < 1.29 is 14.6 Å². The number of rotatable bonds is 4. The number of benzene rings is 1. The molecule has 0 bridgehead atoms. The van der Waals surface area contributed by atoms with Gasteiger partial charge in [0.15, 0.2) is 0 Å². The minimum absolute atomic E-state index is 0.244. The summed E-state index contributed by atoms with van der Waals surface area (Å²) in [5.41, 5.74) is 1.16. The molecule has 4 heteroatoms. The molecule has 4 nitrogen and oxygen atoms in total. The Hall–Kier alpha value is -1.55. The Kier molecular flexibility index (Phi) is 4.20. The molecule has 18 heavy (non-hydrogen) atoms. The molecule has 98 valence electrons. The Bertz CT molecular complexity index is 411. The summed E-state index contributed by atoms with van der Waals surface area (Å²) in [4.78, 5) is 10.7. The summed E-state index contributed by atoms with van der Waals surface area (Å²) in [6.45, 7) is 0.759. The molecule has 0 aromatic heterocycles. The van der Waals surface area contributed by atoms with Crippen molar-refractivity contribution >= 4 is 5.97 Å². The third-order valence-electron chi connectivity index (χ3n) is 3.49. The van der Waals surface area contributed by atoms with Crippen LogP contribution >= 0.6 is 0 Å². The maximum atomic E-state index is 10.7. The van der Waals surface area contributed by atoms with Crippen LogP contribution in [-0.4, -0.2) is 24.7 Å². The van der Waals surface area contributed by atoms with E-state index in [0.717, 1.165) is 30.7 Å². The SMILES string of the molecule is COc1ccccc1C1CCC(CC(=O)O)CN1. The van der Waals surface area contributed by atoms with Crippen LogP contribution in [0.2, 0.25) is 0 Å². The van der Waals surface area contributed by atoms with E-state index < -0.39 is 5.97 Å². The fourth-order valence-corrected chi connectivity index (χ4v) is 2.56.